The van der Waals surface area contributed by atoms with Gasteiger partial charge < -0.3 is 0 Å². The Labute approximate surface area is 362 Å². The molecule has 11 aromatic rings. The van der Waals surface area contributed by atoms with Crippen molar-refractivity contribution in [2.45, 2.75) is 0 Å². The van der Waals surface area contributed by atoms with E-state index in [2.05, 4.69) is 243 Å². The monoisotopic (exact) mass is 788 g/mol. The van der Waals surface area contributed by atoms with E-state index in [1.54, 1.807) is 0 Å². The molecule has 0 saturated heterocycles. The molecule has 9 aromatic carbocycles. The van der Waals surface area contributed by atoms with Crippen LogP contribution in [0.25, 0.3) is 111 Å². The molecule has 0 N–H and O–H groups in total. The standard InChI is InChI=1S/C60H40N2/c1-6-19-41(20-7-1)48-34-49(42-21-8-2-9-22-42)36-51(35-48)57-38-50(37-56(61-57)44-25-12-4-13-26-44)46-29-18-30-47(33-46)54-39-59-60(53-32-17-16-31-52(53)54)55(43-23-10-3-11-24-43)40-58(62-59)45-27-14-5-15-28-45/h1-40H. The van der Waals surface area contributed by atoms with Crippen LogP contribution in [0.4, 0.5) is 0 Å². The predicted molar refractivity (Wildman–Crippen MR) is 261 cm³/mol. The van der Waals surface area contributed by atoms with Crippen LogP contribution in [0.3, 0.4) is 0 Å². The first-order valence-electron chi connectivity index (χ1n) is 21.1. The molecule has 0 aliphatic rings. The maximum Gasteiger partial charge on any atom is 0.0728 e. The van der Waals surface area contributed by atoms with Gasteiger partial charge in [-0.1, -0.05) is 194 Å². The van der Waals surface area contributed by atoms with Gasteiger partial charge >= 0.3 is 0 Å². The third-order valence-electron chi connectivity index (χ3n) is 11.8. The Morgan fingerprint density at radius 2 is 0.613 bits per heavy atom. The van der Waals surface area contributed by atoms with Crippen molar-refractivity contribution < 1.29 is 0 Å². The van der Waals surface area contributed by atoms with Gasteiger partial charge in [0, 0.05) is 22.1 Å². The van der Waals surface area contributed by atoms with Gasteiger partial charge in [0.2, 0.25) is 0 Å². The SMILES string of the molecule is c1ccc(-c2cc(-c3ccccc3)cc(-c3cc(-c4cccc(-c5cc6nc(-c7ccccc7)cc(-c7ccccc7)c6c6ccccc56)c4)cc(-c4ccccc4)n3)c2)cc1. The minimum atomic E-state index is 0.920. The highest BCUT2D eigenvalue weighted by Gasteiger charge is 2.18. The van der Waals surface area contributed by atoms with E-state index in [0.717, 1.165) is 78.1 Å². The van der Waals surface area contributed by atoms with Gasteiger partial charge in [-0.2, -0.15) is 0 Å². The summed E-state index contributed by atoms with van der Waals surface area (Å²) in [5, 5.41) is 3.53. The zero-order chi connectivity index (χ0) is 41.2. The maximum absolute atomic E-state index is 5.39. The first kappa shape index (κ1) is 36.8. The van der Waals surface area contributed by atoms with Gasteiger partial charge in [0.15, 0.2) is 0 Å². The van der Waals surface area contributed by atoms with Gasteiger partial charge in [-0.15, -0.1) is 0 Å². The molecule has 2 aromatic heterocycles. The van der Waals surface area contributed by atoms with E-state index in [1.807, 2.05) is 0 Å². The first-order chi connectivity index (χ1) is 30.7. The van der Waals surface area contributed by atoms with E-state index in [0.29, 0.717) is 0 Å². The minimum absolute atomic E-state index is 0.920. The summed E-state index contributed by atoms with van der Waals surface area (Å²) in [5.74, 6) is 0. The van der Waals surface area contributed by atoms with Gasteiger partial charge in [0.25, 0.3) is 0 Å². The fourth-order valence-electron chi connectivity index (χ4n) is 8.78. The Hall–Kier alpha value is -8.20. The summed E-state index contributed by atoms with van der Waals surface area (Å²) < 4.78 is 0. The molecule has 2 nitrogen and oxygen atoms in total. The zero-order valence-electron chi connectivity index (χ0n) is 34.0. The zero-order valence-corrected chi connectivity index (χ0v) is 34.0. The van der Waals surface area contributed by atoms with E-state index >= 15 is 0 Å². The highest BCUT2D eigenvalue weighted by molar-refractivity contribution is 6.18. The van der Waals surface area contributed by atoms with Gasteiger partial charge in [-0.05, 0) is 115 Å². The van der Waals surface area contributed by atoms with Crippen molar-refractivity contribution in [3.05, 3.63) is 243 Å². The van der Waals surface area contributed by atoms with Gasteiger partial charge in [-0.3, -0.25) is 0 Å². The third kappa shape index (κ3) is 7.14. The molecule has 0 unspecified atom stereocenters. The lowest BCUT2D eigenvalue weighted by Gasteiger charge is -2.17. The number of nitrogens with zero attached hydrogens (tertiary/aromatic N) is 2. The Morgan fingerprint density at radius 3 is 1.19 bits per heavy atom. The summed E-state index contributed by atoms with van der Waals surface area (Å²) in [5.41, 5.74) is 18.5. The quantitative estimate of drug-likeness (QED) is 0.143. The molecule has 2 heteroatoms. The number of rotatable bonds is 8. The average molecular weight is 789 g/mol. The van der Waals surface area contributed by atoms with Crippen molar-refractivity contribution in [3.63, 3.8) is 0 Å². The first-order valence-corrected chi connectivity index (χ1v) is 21.1. The third-order valence-corrected chi connectivity index (χ3v) is 11.8. The van der Waals surface area contributed by atoms with Gasteiger partial charge in [0.05, 0.1) is 22.6 Å². The maximum atomic E-state index is 5.39. The van der Waals surface area contributed by atoms with Crippen molar-refractivity contribution in [1.29, 1.82) is 0 Å². The van der Waals surface area contributed by atoms with Crippen LogP contribution < -0.4 is 0 Å². The largest absolute Gasteiger partial charge is 0.248 e. The van der Waals surface area contributed by atoms with Gasteiger partial charge in [-0.25, -0.2) is 9.97 Å². The normalized spacial score (nSPS) is 11.2. The molecule has 11 rings (SSSR count). The van der Waals surface area contributed by atoms with Crippen molar-refractivity contribution >= 4 is 21.7 Å². The Kier molecular flexibility index (Phi) is 9.57. The summed E-state index contributed by atoms with van der Waals surface area (Å²) in [4.78, 5) is 10.8. The molecule has 62 heavy (non-hydrogen) atoms. The van der Waals surface area contributed by atoms with Crippen LogP contribution in [0.5, 0.6) is 0 Å². The molecule has 290 valence electrons. The number of hydrogen-bond acceptors (Lipinski definition) is 2. The Morgan fingerprint density at radius 1 is 0.210 bits per heavy atom. The van der Waals surface area contributed by atoms with Crippen LogP contribution in [0.15, 0.2) is 243 Å². The van der Waals surface area contributed by atoms with Crippen molar-refractivity contribution in [2.24, 2.45) is 0 Å². The number of aromatic nitrogens is 2. The Balaban J connectivity index is 1.10. The number of benzene rings is 9. The van der Waals surface area contributed by atoms with Crippen LogP contribution in [-0.2, 0) is 0 Å². The lowest BCUT2D eigenvalue weighted by molar-refractivity contribution is 1.32. The highest BCUT2D eigenvalue weighted by Crippen LogP contribution is 2.42. The summed E-state index contributed by atoms with van der Waals surface area (Å²) in [6.07, 6.45) is 0. The second kappa shape index (κ2) is 16.1. The number of fused-ring (bicyclic) bond motifs is 3. The van der Waals surface area contributed by atoms with Crippen molar-refractivity contribution in [2.75, 3.05) is 0 Å². The van der Waals surface area contributed by atoms with E-state index < -0.39 is 0 Å². The van der Waals surface area contributed by atoms with E-state index in [9.17, 15) is 0 Å². The molecule has 0 atom stereocenters. The van der Waals surface area contributed by atoms with E-state index in [1.165, 1.54) is 33.0 Å². The predicted octanol–water partition coefficient (Wildman–Crippen LogP) is 16.1. The molecule has 0 aliphatic carbocycles. The molecule has 0 bridgehead atoms. The molecular formula is C60H40N2. The smallest absolute Gasteiger partial charge is 0.0728 e. The summed E-state index contributed by atoms with van der Waals surface area (Å²) in [6, 6.07) is 86.5. The van der Waals surface area contributed by atoms with E-state index in [4.69, 9.17) is 9.97 Å². The highest BCUT2D eigenvalue weighted by atomic mass is 14.7. The minimum Gasteiger partial charge on any atom is -0.248 e. The van der Waals surface area contributed by atoms with Crippen LogP contribution in [-0.4, -0.2) is 9.97 Å². The molecule has 0 amide bonds. The Bertz CT molecular complexity index is 3310. The fourth-order valence-corrected chi connectivity index (χ4v) is 8.78. The van der Waals surface area contributed by atoms with Gasteiger partial charge in [0.1, 0.15) is 0 Å². The molecule has 0 spiro atoms. The van der Waals surface area contributed by atoms with Crippen LogP contribution >= 0.6 is 0 Å². The van der Waals surface area contributed by atoms with Crippen LogP contribution in [0, 0.1) is 0 Å². The summed E-state index contributed by atoms with van der Waals surface area (Å²) >= 11 is 0. The lowest BCUT2D eigenvalue weighted by atomic mass is 9.89. The van der Waals surface area contributed by atoms with Crippen LogP contribution in [0.1, 0.15) is 0 Å². The van der Waals surface area contributed by atoms with Crippen LogP contribution in [0.2, 0.25) is 0 Å². The second-order valence-electron chi connectivity index (χ2n) is 15.8. The molecule has 2 heterocycles. The molecular weight excluding hydrogens is 749 g/mol. The molecule has 0 aliphatic heterocycles. The van der Waals surface area contributed by atoms with E-state index in [-0.39, 0.29) is 0 Å². The second-order valence-corrected chi connectivity index (χ2v) is 15.8. The molecule has 0 fully saturated rings. The average Bonchev–Trinajstić information content (AvgIpc) is 3.37. The number of hydrogen-bond donors (Lipinski definition) is 0. The lowest BCUT2D eigenvalue weighted by Crippen LogP contribution is -1.94. The summed E-state index contributed by atoms with van der Waals surface area (Å²) in [7, 11) is 0. The topological polar surface area (TPSA) is 25.8 Å². The molecule has 0 radical (unpaired) electrons. The molecule has 0 saturated carbocycles. The fraction of sp³-hybridized carbons (Fsp3) is 0. The number of pyridine rings is 2. The van der Waals surface area contributed by atoms with Crippen molar-refractivity contribution in [1.82, 2.24) is 9.97 Å². The van der Waals surface area contributed by atoms with Crippen molar-refractivity contribution in [3.8, 4) is 89.4 Å². The summed E-state index contributed by atoms with van der Waals surface area (Å²) in [6.45, 7) is 0.